The van der Waals surface area contributed by atoms with Gasteiger partial charge in [0.15, 0.2) is 5.78 Å². The van der Waals surface area contributed by atoms with Crippen LogP contribution in [0.15, 0.2) is 40.7 Å². The van der Waals surface area contributed by atoms with Crippen molar-refractivity contribution in [2.24, 2.45) is 0 Å². The topological polar surface area (TPSA) is 47.3 Å². The monoisotopic (exact) mass is 321 g/mol. The number of thiophene rings is 1. The molecule has 0 unspecified atom stereocenters. The molecular formula is C12H8BrN3OS. The van der Waals surface area contributed by atoms with E-state index >= 15 is 0 Å². The van der Waals surface area contributed by atoms with Gasteiger partial charge in [-0.2, -0.15) is 5.10 Å². The maximum Gasteiger partial charge on any atom is 0.171 e. The lowest BCUT2D eigenvalue weighted by Crippen LogP contribution is -2.02. The average molecular weight is 322 g/mol. The molecule has 18 heavy (non-hydrogen) atoms. The number of aromatic nitrogens is 3. The molecule has 0 atom stereocenters. The Kier molecular flexibility index (Phi) is 2.97. The standard InChI is InChI=1S/C12H8BrN3OS/c13-9-1-4-18-12(9)5-11(17)8-6-15-16-3-2-14-7-10(8)16/h1-4,6-7H,5H2. The van der Waals surface area contributed by atoms with E-state index in [1.165, 1.54) is 0 Å². The Morgan fingerprint density at radius 2 is 2.33 bits per heavy atom. The van der Waals surface area contributed by atoms with Crippen molar-refractivity contribution in [2.45, 2.75) is 6.42 Å². The first-order valence-corrected chi connectivity index (χ1v) is 6.95. The van der Waals surface area contributed by atoms with Crippen molar-refractivity contribution in [1.82, 2.24) is 14.6 Å². The van der Waals surface area contributed by atoms with Gasteiger partial charge in [-0.15, -0.1) is 11.3 Å². The fraction of sp³-hybridized carbons (Fsp3) is 0.0833. The molecule has 3 aromatic heterocycles. The molecule has 0 aliphatic carbocycles. The van der Waals surface area contributed by atoms with Crippen LogP contribution in [0, 0.1) is 0 Å². The van der Waals surface area contributed by atoms with E-state index < -0.39 is 0 Å². The molecule has 0 bridgehead atoms. The van der Waals surface area contributed by atoms with Crippen LogP contribution in [0.5, 0.6) is 0 Å². The largest absolute Gasteiger partial charge is 0.294 e. The van der Waals surface area contributed by atoms with Crippen molar-refractivity contribution in [3.8, 4) is 0 Å². The predicted molar refractivity (Wildman–Crippen MR) is 73.0 cm³/mol. The van der Waals surface area contributed by atoms with Crippen LogP contribution >= 0.6 is 27.3 Å². The molecule has 3 rings (SSSR count). The number of halogens is 1. The van der Waals surface area contributed by atoms with E-state index in [2.05, 4.69) is 26.0 Å². The summed E-state index contributed by atoms with van der Waals surface area (Å²) in [4.78, 5) is 17.3. The van der Waals surface area contributed by atoms with Gasteiger partial charge in [-0.3, -0.25) is 9.78 Å². The van der Waals surface area contributed by atoms with Gasteiger partial charge >= 0.3 is 0 Å². The number of carbonyl (C=O) groups excluding carboxylic acids is 1. The van der Waals surface area contributed by atoms with Crippen LogP contribution in [-0.2, 0) is 6.42 Å². The summed E-state index contributed by atoms with van der Waals surface area (Å²) in [5, 5.41) is 6.10. The quantitative estimate of drug-likeness (QED) is 0.697. The number of rotatable bonds is 3. The first-order chi connectivity index (χ1) is 8.75. The summed E-state index contributed by atoms with van der Waals surface area (Å²) < 4.78 is 2.64. The van der Waals surface area contributed by atoms with Gasteiger partial charge in [-0.05, 0) is 27.4 Å². The average Bonchev–Trinajstić information content (AvgIpc) is 2.96. The van der Waals surface area contributed by atoms with Crippen LogP contribution in [0.1, 0.15) is 15.2 Å². The summed E-state index contributed by atoms with van der Waals surface area (Å²) >= 11 is 5.00. The molecule has 0 aliphatic rings. The second kappa shape index (κ2) is 4.62. The molecule has 0 fully saturated rings. The molecule has 3 heterocycles. The smallest absolute Gasteiger partial charge is 0.171 e. The van der Waals surface area contributed by atoms with Crippen molar-refractivity contribution in [1.29, 1.82) is 0 Å². The van der Waals surface area contributed by atoms with Crippen molar-refractivity contribution < 1.29 is 4.79 Å². The van der Waals surface area contributed by atoms with E-state index in [-0.39, 0.29) is 5.78 Å². The molecule has 0 saturated heterocycles. The molecule has 0 saturated carbocycles. The third kappa shape index (κ3) is 1.97. The molecule has 0 N–H and O–H groups in total. The lowest BCUT2D eigenvalue weighted by Gasteiger charge is -1.98. The van der Waals surface area contributed by atoms with Gasteiger partial charge in [0.1, 0.15) is 0 Å². The molecule has 0 radical (unpaired) electrons. The second-order valence-electron chi connectivity index (χ2n) is 3.76. The normalized spacial score (nSPS) is 10.9. The molecule has 0 amide bonds. The molecule has 0 spiro atoms. The highest BCUT2D eigenvalue weighted by Crippen LogP contribution is 2.24. The van der Waals surface area contributed by atoms with Crippen molar-refractivity contribution in [3.05, 3.63) is 51.1 Å². The minimum Gasteiger partial charge on any atom is -0.294 e. The fourth-order valence-corrected chi connectivity index (χ4v) is 3.23. The van der Waals surface area contributed by atoms with Crippen LogP contribution in [0.2, 0.25) is 0 Å². The van der Waals surface area contributed by atoms with E-state index in [4.69, 9.17) is 0 Å². The maximum absolute atomic E-state index is 12.2. The Balaban J connectivity index is 1.95. The zero-order valence-electron chi connectivity index (χ0n) is 9.21. The number of carbonyl (C=O) groups is 1. The fourth-order valence-electron chi connectivity index (χ4n) is 1.74. The molecule has 90 valence electrons. The van der Waals surface area contributed by atoms with Crippen LogP contribution in [0.3, 0.4) is 0 Å². The summed E-state index contributed by atoms with van der Waals surface area (Å²) in [6.07, 6.45) is 7.01. The van der Waals surface area contributed by atoms with E-state index in [1.54, 1.807) is 40.6 Å². The lowest BCUT2D eigenvalue weighted by atomic mass is 10.1. The number of nitrogens with zero attached hydrogens (tertiary/aromatic N) is 3. The third-order valence-electron chi connectivity index (χ3n) is 2.64. The Hall–Kier alpha value is -1.53. The highest BCUT2D eigenvalue weighted by Gasteiger charge is 2.15. The van der Waals surface area contributed by atoms with Gasteiger partial charge in [-0.1, -0.05) is 0 Å². The summed E-state index contributed by atoms with van der Waals surface area (Å²) in [6, 6.07) is 1.95. The Morgan fingerprint density at radius 1 is 1.44 bits per heavy atom. The SMILES string of the molecule is O=C(Cc1sccc1Br)c1cnn2ccncc12. The number of ketones is 1. The molecule has 0 aromatic carbocycles. The number of fused-ring (bicyclic) bond motifs is 1. The van der Waals surface area contributed by atoms with Gasteiger partial charge in [0.25, 0.3) is 0 Å². The Morgan fingerprint density at radius 3 is 3.11 bits per heavy atom. The van der Waals surface area contributed by atoms with Crippen molar-refractivity contribution in [3.63, 3.8) is 0 Å². The van der Waals surface area contributed by atoms with Crippen LogP contribution in [0.25, 0.3) is 5.52 Å². The van der Waals surface area contributed by atoms with Gasteiger partial charge in [0.2, 0.25) is 0 Å². The lowest BCUT2D eigenvalue weighted by molar-refractivity contribution is 0.0995. The predicted octanol–water partition coefficient (Wildman–Crippen LogP) is 2.98. The summed E-state index contributed by atoms with van der Waals surface area (Å²) in [6.45, 7) is 0. The maximum atomic E-state index is 12.2. The minimum atomic E-state index is 0.0566. The van der Waals surface area contributed by atoms with E-state index in [0.29, 0.717) is 12.0 Å². The van der Waals surface area contributed by atoms with Gasteiger partial charge in [0.05, 0.1) is 23.5 Å². The highest BCUT2D eigenvalue weighted by atomic mass is 79.9. The number of Topliss-reactive ketones (excluding diaryl/α,β-unsaturated/α-hetero) is 1. The minimum absolute atomic E-state index is 0.0566. The molecule has 3 aromatic rings. The van der Waals surface area contributed by atoms with Crippen LogP contribution in [0.4, 0.5) is 0 Å². The highest BCUT2D eigenvalue weighted by molar-refractivity contribution is 9.10. The first kappa shape index (κ1) is 11.6. The van der Waals surface area contributed by atoms with Crippen LogP contribution < -0.4 is 0 Å². The molecule has 6 heteroatoms. The number of hydrogen-bond donors (Lipinski definition) is 0. The summed E-state index contributed by atoms with van der Waals surface area (Å²) in [7, 11) is 0. The van der Waals surface area contributed by atoms with Crippen LogP contribution in [-0.4, -0.2) is 20.4 Å². The van der Waals surface area contributed by atoms with Gasteiger partial charge < -0.3 is 0 Å². The first-order valence-electron chi connectivity index (χ1n) is 5.28. The van der Waals surface area contributed by atoms with Gasteiger partial charge in [-0.25, -0.2) is 4.52 Å². The van der Waals surface area contributed by atoms with Gasteiger partial charge in [0, 0.05) is 28.2 Å². The molecule has 0 aliphatic heterocycles. The Bertz CT molecular complexity index is 719. The zero-order valence-corrected chi connectivity index (χ0v) is 11.6. The third-order valence-corrected chi connectivity index (χ3v) is 4.56. The molecular weight excluding hydrogens is 314 g/mol. The summed E-state index contributed by atoms with van der Waals surface area (Å²) in [5.41, 5.74) is 1.36. The van der Waals surface area contributed by atoms with Crippen molar-refractivity contribution >= 4 is 38.6 Å². The zero-order chi connectivity index (χ0) is 12.5. The molecule has 4 nitrogen and oxygen atoms in total. The van der Waals surface area contributed by atoms with E-state index in [9.17, 15) is 4.79 Å². The summed E-state index contributed by atoms with van der Waals surface area (Å²) in [5.74, 6) is 0.0566. The van der Waals surface area contributed by atoms with Crippen molar-refractivity contribution in [2.75, 3.05) is 0 Å². The second-order valence-corrected chi connectivity index (χ2v) is 5.61. The number of hydrogen-bond acceptors (Lipinski definition) is 4. The van der Waals surface area contributed by atoms with E-state index in [0.717, 1.165) is 14.9 Å². The Labute approximate surface area is 115 Å². The van der Waals surface area contributed by atoms with E-state index in [1.807, 2.05) is 11.4 Å².